The summed E-state index contributed by atoms with van der Waals surface area (Å²) in [5.41, 5.74) is 7.41. The first-order valence-electron chi connectivity index (χ1n) is 13.1. The maximum Gasteiger partial charge on any atom is 0.138 e. The standard InChI is InChI=1S/C31H35N5O2/c1-21-27(24-18-34-35-19-24)20-33-30-28(21)26(16-31(2,3)37)29(36-30)23-10-12-25(13-11-23)38-15-7-14-32-17-22-8-5-4-6-9-22/h4-6,8-13,18-20,32,37H,7,14-17H2,1-3H3,(H,33,36)(H,34,35). The monoisotopic (exact) mass is 509 g/mol. The Hall–Kier alpha value is -3.94. The van der Waals surface area contributed by atoms with E-state index in [1.807, 2.05) is 44.4 Å². The van der Waals surface area contributed by atoms with Crippen LogP contribution in [0.5, 0.6) is 5.75 Å². The molecule has 3 heterocycles. The highest BCUT2D eigenvalue weighted by atomic mass is 16.5. The quantitative estimate of drug-likeness (QED) is 0.169. The van der Waals surface area contributed by atoms with Crippen LogP contribution in [-0.2, 0) is 13.0 Å². The summed E-state index contributed by atoms with van der Waals surface area (Å²) in [7, 11) is 0. The molecule has 5 aromatic rings. The van der Waals surface area contributed by atoms with Crippen molar-refractivity contribution in [3.05, 3.63) is 89.9 Å². The minimum Gasteiger partial charge on any atom is -0.494 e. The third-order valence-corrected chi connectivity index (χ3v) is 6.69. The van der Waals surface area contributed by atoms with Gasteiger partial charge in [-0.05, 0) is 80.3 Å². The summed E-state index contributed by atoms with van der Waals surface area (Å²) in [5, 5.41) is 22.2. The van der Waals surface area contributed by atoms with E-state index in [4.69, 9.17) is 9.72 Å². The third-order valence-electron chi connectivity index (χ3n) is 6.69. The lowest BCUT2D eigenvalue weighted by molar-refractivity contribution is 0.0814. The van der Waals surface area contributed by atoms with Crippen molar-refractivity contribution in [1.82, 2.24) is 25.5 Å². The summed E-state index contributed by atoms with van der Waals surface area (Å²) in [6.45, 7) is 8.19. The lowest BCUT2D eigenvalue weighted by Crippen LogP contribution is -2.22. The Morgan fingerprint density at radius 1 is 1.00 bits per heavy atom. The van der Waals surface area contributed by atoms with Crippen molar-refractivity contribution in [2.45, 2.75) is 45.8 Å². The summed E-state index contributed by atoms with van der Waals surface area (Å²) >= 11 is 0. The molecule has 0 unspecified atom stereocenters. The Morgan fingerprint density at radius 3 is 2.50 bits per heavy atom. The van der Waals surface area contributed by atoms with Crippen molar-refractivity contribution in [1.29, 1.82) is 0 Å². The zero-order valence-corrected chi connectivity index (χ0v) is 22.2. The molecule has 0 radical (unpaired) electrons. The second-order valence-electron chi connectivity index (χ2n) is 10.4. The number of benzene rings is 2. The van der Waals surface area contributed by atoms with Gasteiger partial charge in [0, 0.05) is 41.9 Å². The van der Waals surface area contributed by atoms with Crippen molar-refractivity contribution in [3.8, 4) is 28.1 Å². The number of hydrogen-bond donors (Lipinski definition) is 4. The lowest BCUT2D eigenvalue weighted by Gasteiger charge is -2.18. The molecule has 196 valence electrons. The van der Waals surface area contributed by atoms with Gasteiger partial charge in [0.2, 0.25) is 0 Å². The molecule has 38 heavy (non-hydrogen) atoms. The number of hydrogen-bond acceptors (Lipinski definition) is 5. The van der Waals surface area contributed by atoms with Gasteiger partial charge in [-0.1, -0.05) is 30.3 Å². The number of ether oxygens (including phenoxy) is 1. The van der Waals surface area contributed by atoms with Gasteiger partial charge >= 0.3 is 0 Å². The van der Waals surface area contributed by atoms with E-state index in [-0.39, 0.29) is 0 Å². The molecule has 0 saturated heterocycles. The van der Waals surface area contributed by atoms with Gasteiger partial charge in [0.05, 0.1) is 24.1 Å². The molecule has 7 nitrogen and oxygen atoms in total. The third kappa shape index (κ3) is 5.96. The Kier molecular flexibility index (Phi) is 7.58. The maximum atomic E-state index is 10.8. The summed E-state index contributed by atoms with van der Waals surface area (Å²) in [4.78, 5) is 8.25. The molecule has 0 bridgehead atoms. The fourth-order valence-electron chi connectivity index (χ4n) is 4.86. The van der Waals surface area contributed by atoms with Crippen LogP contribution in [0.4, 0.5) is 0 Å². The van der Waals surface area contributed by atoms with Crippen LogP contribution in [0.1, 0.15) is 37.0 Å². The average Bonchev–Trinajstić information content (AvgIpc) is 3.55. The topological polar surface area (TPSA) is 98.9 Å². The molecular formula is C31H35N5O2. The first kappa shape index (κ1) is 25.7. The summed E-state index contributed by atoms with van der Waals surface area (Å²) in [6.07, 6.45) is 6.97. The molecular weight excluding hydrogens is 474 g/mol. The van der Waals surface area contributed by atoms with Crippen LogP contribution < -0.4 is 10.1 Å². The van der Waals surface area contributed by atoms with E-state index in [0.29, 0.717) is 13.0 Å². The van der Waals surface area contributed by atoms with Crippen LogP contribution in [-0.4, -0.2) is 44.0 Å². The van der Waals surface area contributed by atoms with E-state index in [9.17, 15) is 5.11 Å². The minimum atomic E-state index is -0.875. The number of pyridine rings is 1. The van der Waals surface area contributed by atoms with Gasteiger partial charge in [0.15, 0.2) is 0 Å². The van der Waals surface area contributed by atoms with Crippen LogP contribution in [0.15, 0.2) is 73.2 Å². The minimum absolute atomic E-state index is 0.494. The number of aliphatic hydroxyl groups is 1. The van der Waals surface area contributed by atoms with Crippen molar-refractivity contribution >= 4 is 11.0 Å². The Labute approximate surface area is 223 Å². The zero-order valence-electron chi connectivity index (χ0n) is 22.2. The van der Waals surface area contributed by atoms with Crippen molar-refractivity contribution in [3.63, 3.8) is 0 Å². The molecule has 0 atom stereocenters. The molecule has 4 N–H and O–H groups in total. The van der Waals surface area contributed by atoms with Crippen molar-refractivity contribution < 1.29 is 9.84 Å². The fourth-order valence-corrected chi connectivity index (χ4v) is 4.86. The maximum absolute atomic E-state index is 10.8. The molecule has 0 fully saturated rings. The normalized spacial score (nSPS) is 11.8. The van der Waals surface area contributed by atoms with Gasteiger partial charge in [-0.25, -0.2) is 4.98 Å². The molecule has 0 spiro atoms. The van der Waals surface area contributed by atoms with Crippen molar-refractivity contribution in [2.24, 2.45) is 0 Å². The van der Waals surface area contributed by atoms with E-state index in [2.05, 4.69) is 63.8 Å². The molecule has 0 aliphatic heterocycles. The summed E-state index contributed by atoms with van der Waals surface area (Å²) in [5.74, 6) is 0.841. The molecule has 0 amide bonds. The van der Waals surface area contributed by atoms with Gasteiger partial charge in [-0.3, -0.25) is 5.10 Å². The molecule has 0 aliphatic rings. The molecule has 5 rings (SSSR count). The highest BCUT2D eigenvalue weighted by molar-refractivity contribution is 5.94. The average molecular weight is 510 g/mol. The number of aromatic amines is 2. The van der Waals surface area contributed by atoms with E-state index < -0.39 is 5.60 Å². The van der Waals surface area contributed by atoms with Crippen molar-refractivity contribution in [2.75, 3.05) is 13.2 Å². The Bertz CT molecular complexity index is 1470. The van der Waals surface area contributed by atoms with Crippen LogP contribution in [0.2, 0.25) is 0 Å². The Balaban J connectivity index is 1.31. The first-order chi connectivity index (χ1) is 18.4. The molecule has 2 aromatic carbocycles. The molecule has 3 aromatic heterocycles. The smallest absolute Gasteiger partial charge is 0.138 e. The van der Waals surface area contributed by atoms with Gasteiger partial charge in [0.1, 0.15) is 11.4 Å². The number of nitrogens with one attached hydrogen (secondary N) is 3. The molecule has 0 aliphatic carbocycles. The number of fused-ring (bicyclic) bond motifs is 1. The number of H-pyrrole nitrogens is 2. The number of rotatable bonds is 11. The van der Waals surface area contributed by atoms with Crippen LogP contribution in [0.25, 0.3) is 33.4 Å². The van der Waals surface area contributed by atoms with E-state index in [0.717, 1.165) is 69.8 Å². The predicted molar refractivity (Wildman–Crippen MR) is 152 cm³/mol. The van der Waals surface area contributed by atoms with E-state index >= 15 is 0 Å². The number of nitrogens with zero attached hydrogens (tertiary/aromatic N) is 2. The van der Waals surface area contributed by atoms with Crippen LogP contribution in [0, 0.1) is 6.92 Å². The molecule has 7 heteroatoms. The first-order valence-corrected chi connectivity index (χ1v) is 13.1. The predicted octanol–water partition coefficient (Wildman–Crippen LogP) is 5.80. The van der Waals surface area contributed by atoms with Gasteiger partial charge in [-0.2, -0.15) is 5.10 Å². The Morgan fingerprint density at radius 2 is 1.79 bits per heavy atom. The number of aryl methyl sites for hydroxylation is 1. The SMILES string of the molecule is Cc1c(-c2cn[nH]c2)cnc2[nH]c(-c3ccc(OCCCNCc4ccccc4)cc3)c(CC(C)(C)O)c12. The van der Waals surface area contributed by atoms with Gasteiger partial charge in [0.25, 0.3) is 0 Å². The van der Waals surface area contributed by atoms with E-state index in [1.54, 1.807) is 6.20 Å². The zero-order chi connectivity index (χ0) is 26.5. The second-order valence-corrected chi connectivity index (χ2v) is 10.4. The van der Waals surface area contributed by atoms with Gasteiger partial charge in [-0.15, -0.1) is 0 Å². The van der Waals surface area contributed by atoms with Gasteiger partial charge < -0.3 is 20.1 Å². The highest BCUT2D eigenvalue weighted by Gasteiger charge is 2.24. The fraction of sp³-hybridized carbons (Fsp3) is 0.290. The largest absolute Gasteiger partial charge is 0.494 e. The van der Waals surface area contributed by atoms with E-state index in [1.165, 1.54) is 5.56 Å². The molecule has 0 saturated carbocycles. The lowest BCUT2D eigenvalue weighted by atomic mass is 9.92. The van der Waals surface area contributed by atoms with Crippen LogP contribution >= 0.6 is 0 Å². The van der Waals surface area contributed by atoms with Crippen LogP contribution in [0.3, 0.4) is 0 Å². The summed E-state index contributed by atoms with van der Waals surface area (Å²) in [6, 6.07) is 18.5. The highest BCUT2D eigenvalue weighted by Crippen LogP contribution is 2.37. The number of aromatic nitrogens is 4. The summed E-state index contributed by atoms with van der Waals surface area (Å²) < 4.78 is 5.98. The second kappa shape index (κ2) is 11.2.